The molecule has 0 saturated carbocycles. The average Bonchev–Trinajstić information content (AvgIpc) is 2.30. The molecule has 0 rings (SSSR count). The summed E-state index contributed by atoms with van der Waals surface area (Å²) in [7, 11) is 0. The number of hydrogen-bond acceptors (Lipinski definition) is 1. The zero-order valence-electron chi connectivity index (χ0n) is 13.1. The Morgan fingerprint density at radius 1 is 1.11 bits per heavy atom. The molecule has 1 heteroatoms. The van der Waals surface area contributed by atoms with E-state index in [1.165, 1.54) is 25.7 Å². The molecule has 106 valence electrons. The molecular weight excluding hydrogens is 218 g/mol. The summed E-state index contributed by atoms with van der Waals surface area (Å²) in [6.07, 6.45) is 10.4. The van der Waals surface area contributed by atoms with Gasteiger partial charge in [0, 0.05) is 5.70 Å². The van der Waals surface area contributed by atoms with E-state index in [-0.39, 0.29) is 0 Å². The summed E-state index contributed by atoms with van der Waals surface area (Å²) in [5.74, 6) is 2.51. The first kappa shape index (κ1) is 17.3. The van der Waals surface area contributed by atoms with E-state index in [2.05, 4.69) is 39.6 Å². The lowest BCUT2D eigenvalue weighted by Gasteiger charge is -2.22. The molecule has 18 heavy (non-hydrogen) atoms. The van der Waals surface area contributed by atoms with Crippen LogP contribution in [-0.2, 0) is 0 Å². The molecule has 0 heterocycles. The summed E-state index contributed by atoms with van der Waals surface area (Å²) >= 11 is 0. The van der Waals surface area contributed by atoms with Gasteiger partial charge in [0.15, 0.2) is 0 Å². The van der Waals surface area contributed by atoms with Gasteiger partial charge in [-0.1, -0.05) is 46.8 Å². The fourth-order valence-electron chi connectivity index (χ4n) is 2.21. The third kappa shape index (κ3) is 9.32. The standard InChI is InChI=1S/C17H33N/c1-7-13-18-16(6)9-8-10-17(15(4)5)12-11-14(2)3/h7,13-15,17-18H,6,8-12H2,1-5H3/b13-7-. The fourth-order valence-corrected chi connectivity index (χ4v) is 2.21. The van der Waals surface area contributed by atoms with E-state index in [1.54, 1.807) is 0 Å². The highest BCUT2D eigenvalue weighted by atomic mass is 14.8. The Labute approximate surface area is 115 Å². The van der Waals surface area contributed by atoms with Gasteiger partial charge in [0.1, 0.15) is 0 Å². The van der Waals surface area contributed by atoms with Crippen LogP contribution in [0.2, 0.25) is 0 Å². The van der Waals surface area contributed by atoms with Gasteiger partial charge in [0.2, 0.25) is 0 Å². The van der Waals surface area contributed by atoms with Crippen molar-refractivity contribution in [3.8, 4) is 0 Å². The molecule has 1 nitrogen and oxygen atoms in total. The molecule has 0 bridgehead atoms. The molecule has 0 saturated heterocycles. The van der Waals surface area contributed by atoms with Crippen molar-refractivity contribution in [1.29, 1.82) is 0 Å². The minimum Gasteiger partial charge on any atom is -0.366 e. The van der Waals surface area contributed by atoms with Crippen LogP contribution in [0.25, 0.3) is 0 Å². The van der Waals surface area contributed by atoms with E-state index >= 15 is 0 Å². The van der Waals surface area contributed by atoms with Crippen LogP contribution in [0, 0.1) is 17.8 Å². The summed E-state index contributed by atoms with van der Waals surface area (Å²) in [6, 6.07) is 0. The number of allylic oxidation sites excluding steroid dienone is 2. The van der Waals surface area contributed by atoms with Gasteiger partial charge in [-0.25, -0.2) is 0 Å². The first-order chi connectivity index (χ1) is 8.47. The molecule has 0 aliphatic rings. The molecule has 0 aromatic heterocycles. The number of nitrogens with one attached hydrogen (secondary N) is 1. The minimum atomic E-state index is 0.806. The highest BCUT2D eigenvalue weighted by molar-refractivity contribution is 4.96. The van der Waals surface area contributed by atoms with Crippen molar-refractivity contribution in [3.63, 3.8) is 0 Å². The number of hydrogen-bond donors (Lipinski definition) is 1. The Hall–Kier alpha value is -0.720. The smallest absolute Gasteiger partial charge is 0.00732 e. The van der Waals surface area contributed by atoms with E-state index in [0.717, 1.165) is 29.9 Å². The van der Waals surface area contributed by atoms with Crippen LogP contribution in [0.4, 0.5) is 0 Å². The summed E-state index contributed by atoms with van der Waals surface area (Å²) in [5.41, 5.74) is 1.14. The van der Waals surface area contributed by atoms with Gasteiger partial charge < -0.3 is 5.32 Å². The van der Waals surface area contributed by atoms with Crippen LogP contribution in [0.3, 0.4) is 0 Å². The third-order valence-electron chi connectivity index (χ3n) is 3.57. The first-order valence-electron chi connectivity index (χ1n) is 7.52. The zero-order valence-corrected chi connectivity index (χ0v) is 13.1. The van der Waals surface area contributed by atoms with Crippen molar-refractivity contribution in [2.45, 2.75) is 66.7 Å². The highest BCUT2D eigenvalue weighted by Crippen LogP contribution is 2.25. The predicted octanol–water partition coefficient (Wildman–Crippen LogP) is 5.50. The monoisotopic (exact) mass is 251 g/mol. The number of rotatable bonds is 10. The van der Waals surface area contributed by atoms with E-state index in [4.69, 9.17) is 0 Å². The molecule has 0 amide bonds. The fraction of sp³-hybridized carbons (Fsp3) is 0.765. The molecule has 0 radical (unpaired) electrons. The van der Waals surface area contributed by atoms with Gasteiger partial charge in [-0.2, -0.15) is 0 Å². The second-order valence-corrected chi connectivity index (χ2v) is 6.12. The second kappa shape index (κ2) is 10.2. The maximum Gasteiger partial charge on any atom is 0.00732 e. The molecule has 0 aliphatic carbocycles. The Kier molecular flexibility index (Phi) is 9.82. The predicted molar refractivity (Wildman–Crippen MR) is 83.3 cm³/mol. The first-order valence-corrected chi connectivity index (χ1v) is 7.52. The topological polar surface area (TPSA) is 12.0 Å². The zero-order chi connectivity index (χ0) is 14.0. The summed E-state index contributed by atoms with van der Waals surface area (Å²) < 4.78 is 0. The van der Waals surface area contributed by atoms with Crippen molar-refractivity contribution < 1.29 is 0 Å². The van der Waals surface area contributed by atoms with Gasteiger partial charge >= 0.3 is 0 Å². The molecular formula is C17H33N. The molecule has 0 fully saturated rings. The van der Waals surface area contributed by atoms with E-state index in [9.17, 15) is 0 Å². The van der Waals surface area contributed by atoms with Gasteiger partial charge in [-0.15, -0.1) is 0 Å². The van der Waals surface area contributed by atoms with Crippen LogP contribution in [-0.4, -0.2) is 0 Å². The lowest BCUT2D eigenvalue weighted by molar-refractivity contribution is 0.305. The maximum absolute atomic E-state index is 4.05. The Morgan fingerprint density at radius 2 is 1.78 bits per heavy atom. The maximum atomic E-state index is 4.05. The van der Waals surface area contributed by atoms with Crippen molar-refractivity contribution in [3.05, 3.63) is 24.6 Å². The van der Waals surface area contributed by atoms with E-state index in [0.29, 0.717) is 0 Å². The largest absolute Gasteiger partial charge is 0.366 e. The molecule has 0 aromatic rings. The SMILES string of the molecule is C=C(CCCC(CCC(C)C)C(C)C)N/C=C\C. The van der Waals surface area contributed by atoms with Crippen molar-refractivity contribution in [1.82, 2.24) is 5.32 Å². The van der Waals surface area contributed by atoms with Crippen molar-refractivity contribution >= 4 is 0 Å². The van der Waals surface area contributed by atoms with E-state index in [1.807, 2.05) is 19.2 Å². The van der Waals surface area contributed by atoms with Gasteiger partial charge in [0.25, 0.3) is 0 Å². The molecule has 1 unspecified atom stereocenters. The third-order valence-corrected chi connectivity index (χ3v) is 3.57. The molecule has 1 atom stereocenters. The molecule has 1 N–H and O–H groups in total. The van der Waals surface area contributed by atoms with Gasteiger partial charge in [0.05, 0.1) is 0 Å². The van der Waals surface area contributed by atoms with Crippen LogP contribution in [0.1, 0.15) is 66.7 Å². The quantitative estimate of drug-likeness (QED) is 0.540. The minimum absolute atomic E-state index is 0.806. The molecule has 0 aliphatic heterocycles. The summed E-state index contributed by atoms with van der Waals surface area (Å²) in [6.45, 7) is 15.4. The van der Waals surface area contributed by atoms with Crippen LogP contribution < -0.4 is 5.32 Å². The van der Waals surface area contributed by atoms with Crippen molar-refractivity contribution in [2.24, 2.45) is 17.8 Å². The normalized spacial score (nSPS) is 13.5. The van der Waals surface area contributed by atoms with Gasteiger partial charge in [-0.3, -0.25) is 0 Å². The Balaban J connectivity index is 3.86. The Morgan fingerprint density at radius 3 is 2.28 bits per heavy atom. The van der Waals surface area contributed by atoms with E-state index < -0.39 is 0 Å². The van der Waals surface area contributed by atoms with Crippen molar-refractivity contribution in [2.75, 3.05) is 0 Å². The van der Waals surface area contributed by atoms with Gasteiger partial charge in [-0.05, 0) is 56.6 Å². The molecule has 0 spiro atoms. The summed E-state index contributed by atoms with van der Waals surface area (Å²) in [5, 5.41) is 3.21. The average molecular weight is 251 g/mol. The second-order valence-electron chi connectivity index (χ2n) is 6.12. The highest BCUT2D eigenvalue weighted by Gasteiger charge is 2.13. The summed E-state index contributed by atoms with van der Waals surface area (Å²) in [4.78, 5) is 0. The lowest BCUT2D eigenvalue weighted by atomic mass is 9.85. The van der Waals surface area contributed by atoms with Crippen LogP contribution in [0.5, 0.6) is 0 Å². The molecule has 0 aromatic carbocycles. The van der Waals surface area contributed by atoms with Crippen LogP contribution in [0.15, 0.2) is 24.6 Å². The Bertz CT molecular complexity index is 238. The van der Waals surface area contributed by atoms with Crippen LogP contribution >= 0.6 is 0 Å². The lowest BCUT2D eigenvalue weighted by Crippen LogP contribution is -2.11.